The molecule has 0 aliphatic heterocycles. The Hall–Kier alpha value is -3.51. The number of esters is 1. The maximum absolute atomic E-state index is 12.0. The molecule has 0 aliphatic carbocycles. The summed E-state index contributed by atoms with van der Waals surface area (Å²) in [5, 5.41) is 5.11. The van der Waals surface area contributed by atoms with Gasteiger partial charge in [-0.25, -0.2) is 0 Å². The van der Waals surface area contributed by atoms with Crippen LogP contribution in [-0.2, 0) is 26.9 Å². The molecule has 0 radical (unpaired) electrons. The van der Waals surface area contributed by atoms with Crippen LogP contribution in [-0.4, -0.2) is 38.6 Å². The summed E-state index contributed by atoms with van der Waals surface area (Å²) in [5.41, 5.74) is 6.54. The Labute approximate surface area is 209 Å². The molecule has 5 nitrogen and oxygen atoms in total. The van der Waals surface area contributed by atoms with Crippen LogP contribution in [0, 0.1) is 0 Å². The van der Waals surface area contributed by atoms with Crippen LogP contribution in [0.2, 0.25) is 0 Å². The number of methoxy groups -OCH3 is 1. The van der Waals surface area contributed by atoms with Crippen LogP contribution in [0.4, 0.5) is 0 Å². The average Bonchev–Trinajstić information content (AvgIpc) is 3.29. The number of benzene rings is 3. The minimum absolute atomic E-state index is 0.0331. The van der Waals surface area contributed by atoms with Crippen molar-refractivity contribution in [3.8, 4) is 33.6 Å². The molecule has 0 amide bonds. The number of hydrogen-bond acceptors (Lipinski definition) is 4. The molecule has 1 unspecified atom stereocenters. The molecule has 0 bridgehead atoms. The topological polar surface area (TPSA) is 61.2 Å². The van der Waals surface area contributed by atoms with Gasteiger partial charge < -0.3 is 4.74 Å². The molecule has 1 atom stereocenters. The van der Waals surface area contributed by atoms with Gasteiger partial charge in [0, 0.05) is 39.8 Å². The maximum Gasteiger partial charge on any atom is 0.318 e. The highest BCUT2D eigenvalue weighted by molar-refractivity contribution is 7.85. The molecular weight excluding hydrogens is 456 g/mol. The van der Waals surface area contributed by atoms with E-state index in [0.29, 0.717) is 5.75 Å². The van der Waals surface area contributed by atoms with Crippen LogP contribution in [0.25, 0.3) is 33.6 Å². The van der Waals surface area contributed by atoms with Gasteiger partial charge in [0.15, 0.2) is 0 Å². The van der Waals surface area contributed by atoms with E-state index in [4.69, 9.17) is 5.10 Å². The van der Waals surface area contributed by atoms with Gasteiger partial charge in [-0.1, -0.05) is 97.4 Å². The van der Waals surface area contributed by atoms with Crippen molar-refractivity contribution in [3.63, 3.8) is 0 Å². The Morgan fingerprint density at radius 2 is 1.37 bits per heavy atom. The van der Waals surface area contributed by atoms with Gasteiger partial charge in [-0.15, -0.1) is 0 Å². The monoisotopic (exact) mass is 486 g/mol. The number of unbranched alkanes of at least 4 members (excludes halogenated alkanes) is 2. The van der Waals surface area contributed by atoms with E-state index in [2.05, 4.69) is 70.1 Å². The van der Waals surface area contributed by atoms with E-state index in [9.17, 15) is 9.00 Å². The molecule has 0 saturated heterocycles. The zero-order valence-corrected chi connectivity index (χ0v) is 20.7. The van der Waals surface area contributed by atoms with Crippen LogP contribution >= 0.6 is 0 Å². The van der Waals surface area contributed by atoms with Crippen molar-refractivity contribution >= 4 is 16.8 Å². The molecule has 180 valence electrons. The third kappa shape index (κ3) is 6.34. The quantitative estimate of drug-likeness (QED) is 0.193. The van der Waals surface area contributed by atoms with Gasteiger partial charge in [0.1, 0.15) is 11.4 Å². The summed E-state index contributed by atoms with van der Waals surface area (Å²) < 4.78 is 18.8. The van der Waals surface area contributed by atoms with Crippen molar-refractivity contribution in [1.29, 1.82) is 0 Å². The van der Waals surface area contributed by atoms with Crippen LogP contribution in [0.5, 0.6) is 0 Å². The second-order valence-electron chi connectivity index (χ2n) is 8.32. The molecule has 35 heavy (non-hydrogen) atoms. The van der Waals surface area contributed by atoms with Crippen molar-refractivity contribution < 1.29 is 13.7 Å². The Morgan fingerprint density at radius 3 is 1.97 bits per heavy atom. The molecule has 0 aliphatic rings. The summed E-state index contributed by atoms with van der Waals surface area (Å²) in [5.74, 6) is 0.0492. The Kier molecular flexibility index (Phi) is 8.63. The predicted octanol–water partition coefficient (Wildman–Crippen LogP) is 5.98. The largest absolute Gasteiger partial charge is 0.468 e. The summed E-state index contributed by atoms with van der Waals surface area (Å²) in [6, 6.07) is 31.1. The van der Waals surface area contributed by atoms with Gasteiger partial charge in [0.2, 0.25) is 0 Å². The van der Waals surface area contributed by atoms with Crippen molar-refractivity contribution in [2.45, 2.75) is 25.8 Å². The number of aromatic nitrogens is 2. The lowest BCUT2D eigenvalue weighted by atomic mass is 9.96. The summed E-state index contributed by atoms with van der Waals surface area (Å²) in [4.78, 5) is 11.3. The lowest BCUT2D eigenvalue weighted by molar-refractivity contribution is -0.137. The molecule has 1 heterocycles. The van der Waals surface area contributed by atoms with E-state index in [1.807, 2.05) is 30.3 Å². The highest BCUT2D eigenvalue weighted by Gasteiger charge is 2.21. The first-order chi connectivity index (χ1) is 17.2. The average molecular weight is 487 g/mol. The number of nitrogens with zero attached hydrogens (tertiary/aromatic N) is 2. The van der Waals surface area contributed by atoms with Crippen LogP contribution in [0.15, 0.2) is 91.0 Å². The number of hydrogen-bond donors (Lipinski definition) is 0. The van der Waals surface area contributed by atoms with Gasteiger partial charge in [-0.2, -0.15) is 5.10 Å². The molecule has 0 fully saturated rings. The summed E-state index contributed by atoms with van der Waals surface area (Å²) in [6.07, 6.45) is 2.60. The zero-order chi connectivity index (χ0) is 24.5. The second kappa shape index (κ2) is 12.3. The van der Waals surface area contributed by atoms with Crippen LogP contribution < -0.4 is 0 Å². The molecule has 6 heteroatoms. The molecular formula is C29H30N2O3S. The summed E-state index contributed by atoms with van der Waals surface area (Å²) >= 11 is 0. The van der Waals surface area contributed by atoms with Crippen molar-refractivity contribution in [2.24, 2.45) is 0 Å². The number of ether oxygens (including phenoxy) is 1. The lowest BCUT2D eigenvalue weighted by Gasteiger charge is -2.11. The van der Waals surface area contributed by atoms with E-state index in [0.717, 1.165) is 59.4 Å². The Balaban J connectivity index is 1.62. The van der Waals surface area contributed by atoms with Crippen LogP contribution in [0.3, 0.4) is 0 Å². The molecule has 4 aromatic rings. The van der Waals surface area contributed by atoms with Gasteiger partial charge in [0.05, 0.1) is 12.8 Å². The maximum atomic E-state index is 12.0. The number of rotatable bonds is 11. The van der Waals surface area contributed by atoms with E-state index in [1.165, 1.54) is 7.11 Å². The fraction of sp³-hybridized carbons (Fsp3) is 0.241. The van der Waals surface area contributed by atoms with Crippen molar-refractivity contribution in [1.82, 2.24) is 9.78 Å². The fourth-order valence-electron chi connectivity index (χ4n) is 4.15. The first kappa shape index (κ1) is 24.6. The lowest BCUT2D eigenvalue weighted by Crippen LogP contribution is -2.14. The SMILES string of the molecule is COC(=O)CS(=O)CCCCCn1nc(-c2ccccc2)c(-c2ccccc2)c1-c1ccccc1. The molecule has 0 spiro atoms. The highest BCUT2D eigenvalue weighted by atomic mass is 32.2. The number of carbonyl (C=O) groups excluding carboxylic acids is 1. The summed E-state index contributed by atoms with van der Waals surface area (Å²) in [6.45, 7) is 0.751. The molecule has 1 aromatic heterocycles. The van der Waals surface area contributed by atoms with E-state index in [1.54, 1.807) is 0 Å². The van der Waals surface area contributed by atoms with E-state index in [-0.39, 0.29) is 5.75 Å². The normalized spacial score (nSPS) is 11.8. The van der Waals surface area contributed by atoms with Gasteiger partial charge in [-0.3, -0.25) is 13.7 Å². The minimum atomic E-state index is -1.18. The van der Waals surface area contributed by atoms with Crippen LogP contribution in [0.1, 0.15) is 19.3 Å². The minimum Gasteiger partial charge on any atom is -0.468 e. The van der Waals surface area contributed by atoms with Crippen molar-refractivity contribution in [2.75, 3.05) is 18.6 Å². The van der Waals surface area contributed by atoms with E-state index < -0.39 is 16.8 Å². The van der Waals surface area contributed by atoms with Crippen molar-refractivity contribution in [3.05, 3.63) is 91.0 Å². The standard InChI is InChI=1S/C29H30N2O3S/c1-34-26(32)22-35(33)21-13-5-12-20-31-29(25-18-10-4-11-19-25)27(23-14-6-2-7-15-23)28(30-31)24-16-8-3-9-17-24/h2-4,6-11,14-19H,5,12-13,20-22H2,1H3. The fourth-order valence-corrected chi connectivity index (χ4v) is 5.20. The number of carbonyl (C=O) groups is 1. The highest BCUT2D eigenvalue weighted by Crippen LogP contribution is 2.40. The zero-order valence-electron chi connectivity index (χ0n) is 19.9. The molecule has 0 N–H and O–H groups in total. The Bertz CT molecular complexity index is 1260. The predicted molar refractivity (Wildman–Crippen MR) is 142 cm³/mol. The summed E-state index contributed by atoms with van der Waals surface area (Å²) in [7, 11) is 0.142. The number of aryl methyl sites for hydroxylation is 1. The smallest absolute Gasteiger partial charge is 0.318 e. The molecule has 3 aromatic carbocycles. The van der Waals surface area contributed by atoms with Gasteiger partial charge in [0.25, 0.3) is 0 Å². The third-order valence-corrected chi connectivity index (χ3v) is 7.16. The Morgan fingerprint density at radius 1 is 0.800 bits per heavy atom. The van der Waals surface area contributed by atoms with Gasteiger partial charge >= 0.3 is 5.97 Å². The molecule has 4 rings (SSSR count). The van der Waals surface area contributed by atoms with Gasteiger partial charge in [-0.05, 0) is 18.4 Å². The first-order valence-corrected chi connectivity index (χ1v) is 13.3. The first-order valence-electron chi connectivity index (χ1n) is 11.9. The molecule has 0 saturated carbocycles. The third-order valence-electron chi connectivity index (χ3n) is 5.86. The van der Waals surface area contributed by atoms with E-state index >= 15 is 0 Å². The second-order valence-corrected chi connectivity index (χ2v) is 9.90.